The molecule has 1 fully saturated rings. The van der Waals surface area contributed by atoms with Crippen molar-refractivity contribution in [3.8, 4) is 0 Å². The molecule has 0 atom stereocenters. The molecule has 0 N–H and O–H groups in total. The minimum Gasteiger partial charge on any atom is -0.391 e. The number of cyclic esters (lactones) is 4. The van der Waals surface area contributed by atoms with Crippen LogP contribution < -0.4 is 0 Å². The van der Waals surface area contributed by atoms with Gasteiger partial charge >= 0.3 is 12.3 Å². The first-order chi connectivity index (χ1) is 5.09. The summed E-state index contributed by atoms with van der Waals surface area (Å²) in [6.07, 6.45) is -2.34. The second-order valence-corrected chi connectivity index (χ2v) is 1.65. The highest BCUT2D eigenvalue weighted by Gasteiger charge is 2.23. The van der Waals surface area contributed by atoms with E-state index in [1.54, 1.807) is 0 Å². The monoisotopic (exact) mass is 156 g/mol. The number of ether oxygens (including phenoxy) is 3. The minimum absolute atomic E-state index is 0.138. The van der Waals surface area contributed by atoms with E-state index in [4.69, 9.17) is 0 Å². The van der Waals surface area contributed by atoms with E-state index in [0.717, 1.165) is 0 Å². The van der Waals surface area contributed by atoms with E-state index in [9.17, 15) is 9.59 Å². The van der Waals surface area contributed by atoms with Gasteiger partial charge in [0.05, 0.1) is 0 Å². The molecule has 0 unspecified atom stereocenters. The molecule has 0 saturated carbocycles. The largest absolute Gasteiger partial charge is 0.524 e. The van der Waals surface area contributed by atoms with Gasteiger partial charge in [-0.05, 0) is 0 Å². The van der Waals surface area contributed by atoms with Gasteiger partial charge in [0, 0.05) is 0 Å². The molecule has 58 valence electrons. The molecule has 0 aliphatic carbocycles. The van der Waals surface area contributed by atoms with Crippen LogP contribution in [-0.2, 0) is 14.2 Å². The molecule has 0 aromatic carbocycles. The summed E-state index contributed by atoms with van der Waals surface area (Å²) in [4.78, 5) is 20.8. The predicted molar refractivity (Wildman–Crippen MR) is 32.3 cm³/mol. The van der Waals surface area contributed by atoms with Gasteiger partial charge in [0.1, 0.15) is 0 Å². The van der Waals surface area contributed by atoms with Crippen LogP contribution in [0.3, 0.4) is 0 Å². The molecule has 0 spiro atoms. The molecule has 1 rings (SSSR count). The van der Waals surface area contributed by atoms with Crippen molar-refractivity contribution < 1.29 is 23.8 Å². The predicted octanol–water partition coefficient (Wildman–Crippen LogP) is 1.32. The third-order valence-electron chi connectivity index (χ3n) is 0.891. The number of hydrogen-bond acceptors (Lipinski definition) is 5. The summed E-state index contributed by atoms with van der Waals surface area (Å²) in [5, 5.41) is 0. The molecule has 0 radical (unpaired) electrons. The van der Waals surface area contributed by atoms with Crippen molar-refractivity contribution in [3.05, 3.63) is 24.7 Å². The average molecular weight is 156 g/mol. The second kappa shape index (κ2) is 2.45. The molecule has 5 heteroatoms. The fourth-order valence-corrected chi connectivity index (χ4v) is 0.425. The topological polar surface area (TPSA) is 61.8 Å². The van der Waals surface area contributed by atoms with Gasteiger partial charge in [0.25, 0.3) is 0 Å². The fraction of sp³-hybridized carbons (Fsp3) is 0. The zero-order valence-electron chi connectivity index (χ0n) is 5.46. The Morgan fingerprint density at radius 2 is 1.18 bits per heavy atom. The van der Waals surface area contributed by atoms with Gasteiger partial charge in [-0.25, -0.2) is 9.59 Å². The third kappa shape index (κ3) is 1.57. The average Bonchev–Trinajstić information content (AvgIpc) is 1.93. The molecule has 1 saturated heterocycles. The van der Waals surface area contributed by atoms with Crippen LogP contribution in [0, 0.1) is 0 Å². The molecule has 0 aromatic heterocycles. The van der Waals surface area contributed by atoms with Gasteiger partial charge in [-0.3, -0.25) is 0 Å². The number of carbonyl (C=O) groups excluding carboxylic acids is 2. The molecule has 0 bridgehead atoms. The maximum absolute atomic E-state index is 10.4. The lowest BCUT2D eigenvalue weighted by atomic mass is 10.5. The van der Waals surface area contributed by atoms with Crippen molar-refractivity contribution in [1.29, 1.82) is 0 Å². The number of carbonyl (C=O) groups is 2. The van der Waals surface area contributed by atoms with Crippen LogP contribution in [0.1, 0.15) is 0 Å². The van der Waals surface area contributed by atoms with Crippen molar-refractivity contribution in [2.24, 2.45) is 0 Å². The highest BCUT2D eigenvalue weighted by Crippen LogP contribution is 2.14. The summed E-state index contributed by atoms with van der Waals surface area (Å²) in [5.41, 5.74) is 0. The Labute approximate surface area is 61.8 Å². The Morgan fingerprint density at radius 1 is 0.818 bits per heavy atom. The van der Waals surface area contributed by atoms with E-state index in [2.05, 4.69) is 27.4 Å². The molecule has 1 heterocycles. The summed E-state index contributed by atoms with van der Waals surface area (Å²) in [7, 11) is 0. The molecular weight excluding hydrogens is 152 g/mol. The van der Waals surface area contributed by atoms with Crippen molar-refractivity contribution in [3.63, 3.8) is 0 Å². The quantitative estimate of drug-likeness (QED) is 0.391. The maximum atomic E-state index is 10.4. The van der Waals surface area contributed by atoms with Gasteiger partial charge in [-0.2, -0.15) is 0 Å². The van der Waals surface area contributed by atoms with E-state index >= 15 is 0 Å². The highest BCUT2D eigenvalue weighted by molar-refractivity contribution is 5.79. The molecule has 11 heavy (non-hydrogen) atoms. The lowest BCUT2D eigenvalue weighted by Crippen LogP contribution is -2.07. The molecule has 1 aliphatic rings. The zero-order chi connectivity index (χ0) is 8.43. The molecule has 1 aliphatic heterocycles. The van der Waals surface area contributed by atoms with Crippen LogP contribution in [0.25, 0.3) is 0 Å². The van der Waals surface area contributed by atoms with E-state index < -0.39 is 12.3 Å². The maximum Gasteiger partial charge on any atom is 0.524 e. The van der Waals surface area contributed by atoms with Crippen LogP contribution in [0.5, 0.6) is 0 Å². The second-order valence-electron chi connectivity index (χ2n) is 1.65. The normalized spacial score (nSPS) is 18.2. The summed E-state index contributed by atoms with van der Waals surface area (Å²) in [6, 6.07) is 0. The summed E-state index contributed by atoms with van der Waals surface area (Å²) in [5.74, 6) is -0.276. The van der Waals surface area contributed by atoms with Gasteiger partial charge in [-0.1, -0.05) is 13.2 Å². The van der Waals surface area contributed by atoms with Crippen molar-refractivity contribution >= 4 is 12.3 Å². The Bertz CT molecular complexity index is 226. The van der Waals surface area contributed by atoms with Crippen molar-refractivity contribution in [1.82, 2.24) is 0 Å². The van der Waals surface area contributed by atoms with Crippen LogP contribution in [0.15, 0.2) is 24.7 Å². The van der Waals surface area contributed by atoms with Gasteiger partial charge in [-0.15, -0.1) is 0 Å². The fourth-order valence-electron chi connectivity index (χ4n) is 0.425. The van der Waals surface area contributed by atoms with Gasteiger partial charge in [0.15, 0.2) is 11.5 Å². The number of rotatable bonds is 0. The number of hydrogen-bond donors (Lipinski definition) is 0. The molecule has 0 amide bonds. The van der Waals surface area contributed by atoms with Crippen LogP contribution in [0.4, 0.5) is 9.59 Å². The first-order valence-electron chi connectivity index (χ1n) is 2.59. The first-order valence-corrected chi connectivity index (χ1v) is 2.59. The van der Waals surface area contributed by atoms with E-state index in [0.29, 0.717) is 0 Å². The van der Waals surface area contributed by atoms with E-state index in [1.165, 1.54) is 0 Å². The lowest BCUT2D eigenvalue weighted by molar-refractivity contribution is 0.0847. The summed E-state index contributed by atoms with van der Waals surface area (Å²) < 4.78 is 12.5. The van der Waals surface area contributed by atoms with E-state index in [-0.39, 0.29) is 11.5 Å². The Kier molecular flexibility index (Phi) is 1.63. The third-order valence-corrected chi connectivity index (χ3v) is 0.891. The van der Waals surface area contributed by atoms with Crippen molar-refractivity contribution in [2.45, 2.75) is 0 Å². The summed E-state index contributed by atoms with van der Waals surface area (Å²) >= 11 is 0. The highest BCUT2D eigenvalue weighted by atomic mass is 16.8. The zero-order valence-corrected chi connectivity index (χ0v) is 5.46. The van der Waals surface area contributed by atoms with Crippen LogP contribution in [-0.4, -0.2) is 12.3 Å². The van der Waals surface area contributed by atoms with E-state index in [1.807, 2.05) is 0 Å². The van der Waals surface area contributed by atoms with Crippen LogP contribution >= 0.6 is 0 Å². The Morgan fingerprint density at radius 3 is 1.55 bits per heavy atom. The summed E-state index contributed by atoms with van der Waals surface area (Å²) in [6.45, 7) is 6.48. The minimum atomic E-state index is -1.17. The molecule has 0 aromatic rings. The van der Waals surface area contributed by atoms with Crippen LogP contribution in [0.2, 0.25) is 0 Å². The van der Waals surface area contributed by atoms with Crippen molar-refractivity contribution in [2.75, 3.05) is 0 Å². The Hall–Kier alpha value is -1.78. The van der Waals surface area contributed by atoms with Gasteiger partial charge in [0.2, 0.25) is 0 Å². The van der Waals surface area contributed by atoms with Gasteiger partial charge < -0.3 is 14.2 Å². The molecular formula is C6H4O5. The first kappa shape index (κ1) is 7.33. The Balaban J connectivity index is 2.82. The molecule has 5 nitrogen and oxygen atoms in total. The lowest BCUT2D eigenvalue weighted by Gasteiger charge is -1.97. The standard InChI is InChI=1S/C6H4O5/c1-3-4(2)10-6(8)11-5(7)9-3/h1-2H2. The smallest absolute Gasteiger partial charge is 0.391 e. The SMILES string of the molecule is C=C1OC(=O)OC(=O)OC1=C.